The van der Waals surface area contributed by atoms with E-state index in [0.29, 0.717) is 11.7 Å². The fourth-order valence-corrected chi connectivity index (χ4v) is 2.57. The number of carbonyl (C=O) groups excluding carboxylic acids is 1. The van der Waals surface area contributed by atoms with Crippen molar-refractivity contribution in [3.05, 3.63) is 36.2 Å². The standard InChI is InChI=1S/C17H26N6O/c1-5-12(2)11-13(3)18-17(24)19-14(4)16-20-21-22-23(16)15-9-7-6-8-10-15/h6-10,12-14H,5,11H2,1-4H3,(H2,18,19,24)/t12-,13-,14-/m0/s1. The first-order valence-corrected chi connectivity index (χ1v) is 8.42. The van der Waals surface area contributed by atoms with Crippen LogP contribution in [0.3, 0.4) is 0 Å². The van der Waals surface area contributed by atoms with Crippen molar-refractivity contribution in [1.82, 2.24) is 30.8 Å². The molecule has 0 unspecified atom stereocenters. The summed E-state index contributed by atoms with van der Waals surface area (Å²) in [7, 11) is 0. The van der Waals surface area contributed by atoms with Gasteiger partial charge >= 0.3 is 6.03 Å². The number of nitrogens with zero attached hydrogens (tertiary/aromatic N) is 4. The van der Waals surface area contributed by atoms with Crippen molar-refractivity contribution in [2.24, 2.45) is 5.92 Å². The van der Waals surface area contributed by atoms with Gasteiger partial charge in [0.25, 0.3) is 0 Å². The van der Waals surface area contributed by atoms with Crippen LogP contribution in [0.5, 0.6) is 0 Å². The summed E-state index contributed by atoms with van der Waals surface area (Å²) in [5, 5.41) is 17.7. The lowest BCUT2D eigenvalue weighted by Gasteiger charge is -2.20. The zero-order valence-corrected chi connectivity index (χ0v) is 14.7. The number of benzene rings is 1. The molecule has 2 rings (SSSR count). The first-order chi connectivity index (χ1) is 11.5. The maximum Gasteiger partial charge on any atom is 0.315 e. The molecule has 0 aliphatic rings. The van der Waals surface area contributed by atoms with E-state index in [2.05, 4.69) is 40.0 Å². The fourth-order valence-electron chi connectivity index (χ4n) is 2.57. The van der Waals surface area contributed by atoms with Gasteiger partial charge in [-0.15, -0.1) is 5.10 Å². The number of hydrogen-bond acceptors (Lipinski definition) is 4. The first-order valence-electron chi connectivity index (χ1n) is 8.42. The summed E-state index contributed by atoms with van der Waals surface area (Å²) in [6, 6.07) is 9.21. The van der Waals surface area contributed by atoms with Gasteiger partial charge in [0.2, 0.25) is 0 Å². The fraction of sp³-hybridized carbons (Fsp3) is 0.529. The predicted molar refractivity (Wildman–Crippen MR) is 92.8 cm³/mol. The largest absolute Gasteiger partial charge is 0.336 e. The van der Waals surface area contributed by atoms with Crippen LogP contribution in [0, 0.1) is 5.92 Å². The molecule has 0 spiro atoms. The molecule has 0 bridgehead atoms. The predicted octanol–water partition coefficient (Wildman–Crippen LogP) is 2.85. The molecule has 0 aliphatic heterocycles. The molecule has 0 radical (unpaired) electrons. The lowest BCUT2D eigenvalue weighted by atomic mass is 10.0. The van der Waals surface area contributed by atoms with E-state index in [-0.39, 0.29) is 18.1 Å². The van der Waals surface area contributed by atoms with Crippen molar-refractivity contribution in [1.29, 1.82) is 0 Å². The summed E-state index contributed by atoms with van der Waals surface area (Å²) in [6.07, 6.45) is 2.07. The van der Waals surface area contributed by atoms with Crippen LogP contribution >= 0.6 is 0 Å². The van der Waals surface area contributed by atoms with Gasteiger partial charge in [-0.2, -0.15) is 4.68 Å². The van der Waals surface area contributed by atoms with E-state index in [1.165, 1.54) is 0 Å². The Morgan fingerprint density at radius 1 is 1.17 bits per heavy atom. The van der Waals surface area contributed by atoms with Gasteiger partial charge < -0.3 is 10.6 Å². The molecule has 24 heavy (non-hydrogen) atoms. The van der Waals surface area contributed by atoms with Crippen molar-refractivity contribution in [2.75, 3.05) is 0 Å². The quantitative estimate of drug-likeness (QED) is 0.817. The molecule has 2 amide bonds. The molecule has 0 saturated heterocycles. The number of carbonyl (C=O) groups is 1. The van der Waals surface area contributed by atoms with Gasteiger partial charge in [-0.1, -0.05) is 38.5 Å². The SMILES string of the molecule is CC[C@H](C)C[C@H](C)NC(=O)N[C@@H](C)c1nnnn1-c1ccccc1. The maximum atomic E-state index is 12.2. The van der Waals surface area contributed by atoms with Crippen LogP contribution < -0.4 is 10.6 Å². The Labute approximate surface area is 142 Å². The van der Waals surface area contributed by atoms with E-state index in [1.54, 1.807) is 4.68 Å². The monoisotopic (exact) mass is 330 g/mol. The summed E-state index contributed by atoms with van der Waals surface area (Å²) in [6.45, 7) is 8.23. The lowest BCUT2D eigenvalue weighted by Crippen LogP contribution is -2.42. The number of nitrogens with one attached hydrogen (secondary N) is 2. The Hall–Kier alpha value is -2.44. The Kier molecular flexibility index (Phi) is 6.28. The molecule has 0 fully saturated rings. The number of tetrazole rings is 1. The average molecular weight is 330 g/mol. The third kappa shape index (κ3) is 4.78. The van der Waals surface area contributed by atoms with Crippen LogP contribution in [-0.4, -0.2) is 32.3 Å². The highest BCUT2D eigenvalue weighted by Crippen LogP contribution is 2.14. The van der Waals surface area contributed by atoms with Crippen LogP contribution in [0.2, 0.25) is 0 Å². The van der Waals surface area contributed by atoms with E-state index in [4.69, 9.17) is 0 Å². The van der Waals surface area contributed by atoms with Crippen molar-refractivity contribution >= 4 is 6.03 Å². The van der Waals surface area contributed by atoms with Crippen molar-refractivity contribution in [3.8, 4) is 5.69 Å². The normalized spacial score (nSPS) is 14.7. The lowest BCUT2D eigenvalue weighted by molar-refractivity contribution is 0.232. The summed E-state index contributed by atoms with van der Waals surface area (Å²) in [5.41, 5.74) is 0.858. The Morgan fingerprint density at radius 3 is 2.54 bits per heavy atom. The molecule has 130 valence electrons. The number of rotatable bonds is 7. The molecule has 3 atom stereocenters. The van der Waals surface area contributed by atoms with Gasteiger partial charge in [-0.05, 0) is 48.7 Å². The van der Waals surface area contributed by atoms with E-state index in [0.717, 1.165) is 18.5 Å². The molecule has 2 aromatic rings. The minimum atomic E-state index is -0.309. The van der Waals surface area contributed by atoms with E-state index in [9.17, 15) is 4.79 Å². The van der Waals surface area contributed by atoms with Crippen LogP contribution in [0.15, 0.2) is 30.3 Å². The van der Waals surface area contributed by atoms with Gasteiger partial charge in [0.15, 0.2) is 5.82 Å². The highest BCUT2D eigenvalue weighted by molar-refractivity contribution is 5.74. The van der Waals surface area contributed by atoms with Crippen LogP contribution in [0.25, 0.3) is 5.69 Å². The molecular formula is C17H26N6O. The minimum Gasteiger partial charge on any atom is -0.336 e. The van der Waals surface area contributed by atoms with Crippen molar-refractivity contribution in [2.45, 2.75) is 52.6 Å². The summed E-state index contributed by atoms with van der Waals surface area (Å²) in [5.74, 6) is 1.18. The molecule has 0 saturated carbocycles. The van der Waals surface area contributed by atoms with Gasteiger partial charge in [0.05, 0.1) is 11.7 Å². The van der Waals surface area contributed by atoms with Gasteiger partial charge in [-0.25, -0.2) is 4.79 Å². The number of amides is 2. The van der Waals surface area contributed by atoms with E-state index < -0.39 is 0 Å². The second kappa shape index (κ2) is 8.42. The number of hydrogen-bond donors (Lipinski definition) is 2. The van der Waals surface area contributed by atoms with Gasteiger partial charge in [0.1, 0.15) is 0 Å². The molecule has 1 aromatic heterocycles. The van der Waals surface area contributed by atoms with E-state index in [1.807, 2.05) is 44.2 Å². The third-order valence-corrected chi connectivity index (χ3v) is 4.06. The average Bonchev–Trinajstić information content (AvgIpc) is 3.04. The smallest absolute Gasteiger partial charge is 0.315 e. The topological polar surface area (TPSA) is 84.7 Å². The molecule has 2 N–H and O–H groups in total. The van der Waals surface area contributed by atoms with Crippen molar-refractivity contribution in [3.63, 3.8) is 0 Å². The summed E-state index contributed by atoms with van der Waals surface area (Å²) >= 11 is 0. The molecule has 1 heterocycles. The van der Waals surface area contributed by atoms with E-state index >= 15 is 0 Å². The highest BCUT2D eigenvalue weighted by Gasteiger charge is 2.19. The second-order valence-corrected chi connectivity index (χ2v) is 6.27. The third-order valence-electron chi connectivity index (χ3n) is 4.06. The van der Waals surface area contributed by atoms with Gasteiger partial charge in [0, 0.05) is 6.04 Å². The first kappa shape index (κ1) is 17.9. The van der Waals surface area contributed by atoms with Gasteiger partial charge in [-0.3, -0.25) is 0 Å². The van der Waals surface area contributed by atoms with Crippen LogP contribution in [0.4, 0.5) is 4.79 Å². The number of para-hydroxylation sites is 1. The number of aromatic nitrogens is 4. The molecule has 7 heteroatoms. The zero-order valence-electron chi connectivity index (χ0n) is 14.7. The Bertz CT molecular complexity index is 642. The van der Waals surface area contributed by atoms with Crippen molar-refractivity contribution < 1.29 is 4.79 Å². The zero-order chi connectivity index (χ0) is 17.5. The molecule has 7 nitrogen and oxygen atoms in total. The Morgan fingerprint density at radius 2 is 1.88 bits per heavy atom. The van der Waals surface area contributed by atoms with Crippen LogP contribution in [0.1, 0.15) is 52.4 Å². The summed E-state index contributed by atoms with van der Waals surface area (Å²) < 4.78 is 1.63. The van der Waals surface area contributed by atoms with Crippen LogP contribution in [-0.2, 0) is 0 Å². The highest BCUT2D eigenvalue weighted by atomic mass is 16.2. The molecule has 1 aromatic carbocycles. The molecular weight excluding hydrogens is 304 g/mol. The number of urea groups is 1. The minimum absolute atomic E-state index is 0.122. The maximum absolute atomic E-state index is 12.2. The summed E-state index contributed by atoms with van der Waals surface area (Å²) in [4.78, 5) is 12.2. The molecule has 0 aliphatic carbocycles. The Balaban J connectivity index is 1.97. The second-order valence-electron chi connectivity index (χ2n) is 6.27.